The highest BCUT2D eigenvalue weighted by Gasteiger charge is 2.13. The standard InChI is InChI=1S/C14H14ClN5/c1-8(2)20-7-11(9-4-18-14(16)19-5-9)10-3-13(15)17-6-12(10)20/h3-8H,1-2H3,(H2,16,18,19). The van der Waals surface area contributed by atoms with Crippen LogP contribution in [-0.2, 0) is 0 Å². The molecule has 3 aromatic heterocycles. The number of hydrogen-bond donors (Lipinski definition) is 1. The molecule has 0 amide bonds. The Hall–Kier alpha value is -2.14. The van der Waals surface area contributed by atoms with E-state index in [2.05, 4.69) is 39.6 Å². The Morgan fingerprint density at radius 2 is 1.85 bits per heavy atom. The molecule has 5 nitrogen and oxygen atoms in total. The summed E-state index contributed by atoms with van der Waals surface area (Å²) in [6.07, 6.45) is 7.30. The minimum Gasteiger partial charge on any atom is -0.368 e. The Balaban J connectivity index is 2.29. The summed E-state index contributed by atoms with van der Waals surface area (Å²) >= 11 is 6.02. The van der Waals surface area contributed by atoms with Gasteiger partial charge in [0.25, 0.3) is 0 Å². The first-order valence-corrected chi connectivity index (χ1v) is 6.68. The first-order chi connectivity index (χ1) is 9.56. The fraction of sp³-hybridized carbons (Fsp3) is 0.214. The lowest BCUT2D eigenvalue weighted by atomic mass is 10.1. The number of nitrogens with two attached hydrogens (primary N) is 1. The van der Waals surface area contributed by atoms with Gasteiger partial charge in [-0.05, 0) is 19.9 Å². The highest BCUT2D eigenvalue weighted by molar-refractivity contribution is 6.30. The second kappa shape index (κ2) is 4.76. The van der Waals surface area contributed by atoms with E-state index < -0.39 is 0 Å². The predicted molar refractivity (Wildman–Crippen MR) is 80.6 cm³/mol. The maximum atomic E-state index is 6.02. The average molecular weight is 288 g/mol. The van der Waals surface area contributed by atoms with Crippen LogP contribution in [0.2, 0.25) is 5.15 Å². The summed E-state index contributed by atoms with van der Waals surface area (Å²) in [5.41, 5.74) is 8.51. The number of hydrogen-bond acceptors (Lipinski definition) is 4. The molecule has 3 aromatic rings. The van der Waals surface area contributed by atoms with Crippen molar-refractivity contribution in [3.63, 3.8) is 0 Å². The fourth-order valence-corrected chi connectivity index (χ4v) is 2.41. The van der Waals surface area contributed by atoms with Gasteiger partial charge in [-0.25, -0.2) is 15.0 Å². The van der Waals surface area contributed by atoms with Gasteiger partial charge < -0.3 is 10.3 Å². The van der Waals surface area contributed by atoms with Crippen molar-refractivity contribution in [2.24, 2.45) is 0 Å². The number of nitrogens with zero attached hydrogens (tertiary/aromatic N) is 4. The van der Waals surface area contributed by atoms with E-state index in [4.69, 9.17) is 17.3 Å². The van der Waals surface area contributed by atoms with Gasteiger partial charge in [-0.15, -0.1) is 0 Å². The van der Waals surface area contributed by atoms with Crippen LogP contribution in [0.4, 0.5) is 5.95 Å². The summed E-state index contributed by atoms with van der Waals surface area (Å²) in [6.45, 7) is 4.24. The molecule has 0 aliphatic carbocycles. The van der Waals surface area contributed by atoms with Gasteiger partial charge in [0.1, 0.15) is 5.15 Å². The van der Waals surface area contributed by atoms with Crippen LogP contribution < -0.4 is 5.73 Å². The summed E-state index contributed by atoms with van der Waals surface area (Å²) in [5.74, 6) is 0.265. The second-order valence-electron chi connectivity index (χ2n) is 4.90. The number of aromatic nitrogens is 4. The summed E-state index contributed by atoms with van der Waals surface area (Å²) in [5, 5.41) is 1.50. The molecule has 0 saturated carbocycles. The lowest BCUT2D eigenvalue weighted by Gasteiger charge is -2.08. The lowest BCUT2D eigenvalue weighted by molar-refractivity contribution is 0.623. The normalized spacial score (nSPS) is 11.4. The molecule has 0 spiro atoms. The van der Waals surface area contributed by atoms with Gasteiger partial charge in [0.05, 0.1) is 11.7 Å². The van der Waals surface area contributed by atoms with Crippen LogP contribution in [-0.4, -0.2) is 19.5 Å². The molecule has 6 heteroatoms. The Kier molecular flexibility index (Phi) is 3.06. The minimum absolute atomic E-state index is 0.265. The molecule has 0 aliphatic heterocycles. The second-order valence-corrected chi connectivity index (χ2v) is 5.29. The Morgan fingerprint density at radius 1 is 1.15 bits per heavy atom. The molecule has 0 fully saturated rings. The zero-order valence-electron chi connectivity index (χ0n) is 11.2. The average Bonchev–Trinajstić information content (AvgIpc) is 2.78. The zero-order valence-corrected chi connectivity index (χ0v) is 12.0. The van der Waals surface area contributed by atoms with Gasteiger partial charge in [0, 0.05) is 41.1 Å². The van der Waals surface area contributed by atoms with E-state index in [1.54, 1.807) is 18.6 Å². The molecule has 0 aromatic carbocycles. The van der Waals surface area contributed by atoms with Crippen molar-refractivity contribution in [2.45, 2.75) is 19.9 Å². The van der Waals surface area contributed by atoms with Crippen molar-refractivity contribution in [3.05, 3.63) is 36.0 Å². The van der Waals surface area contributed by atoms with Crippen molar-refractivity contribution in [1.29, 1.82) is 0 Å². The van der Waals surface area contributed by atoms with Crippen LogP contribution >= 0.6 is 11.6 Å². The Bertz CT molecular complexity index is 761. The maximum Gasteiger partial charge on any atom is 0.219 e. The molecule has 20 heavy (non-hydrogen) atoms. The third-order valence-electron chi connectivity index (χ3n) is 3.23. The minimum atomic E-state index is 0.265. The molecule has 0 unspecified atom stereocenters. The monoisotopic (exact) mass is 287 g/mol. The molecule has 0 bridgehead atoms. The third kappa shape index (κ3) is 2.10. The summed E-state index contributed by atoms with van der Waals surface area (Å²) in [4.78, 5) is 12.3. The van der Waals surface area contributed by atoms with Crippen molar-refractivity contribution in [1.82, 2.24) is 19.5 Å². The van der Waals surface area contributed by atoms with E-state index in [1.165, 1.54) is 0 Å². The molecule has 0 saturated heterocycles. The molecule has 2 N–H and O–H groups in total. The summed E-state index contributed by atoms with van der Waals surface area (Å²) < 4.78 is 2.16. The van der Waals surface area contributed by atoms with E-state index >= 15 is 0 Å². The van der Waals surface area contributed by atoms with Crippen molar-refractivity contribution in [2.75, 3.05) is 5.73 Å². The number of anilines is 1. The molecule has 102 valence electrons. The molecule has 3 heterocycles. The topological polar surface area (TPSA) is 69.6 Å². The molecule has 0 radical (unpaired) electrons. The molecular weight excluding hydrogens is 274 g/mol. The lowest BCUT2D eigenvalue weighted by Crippen LogP contribution is -1.98. The largest absolute Gasteiger partial charge is 0.368 e. The molecule has 0 aliphatic rings. The number of fused-ring (bicyclic) bond motifs is 1. The van der Waals surface area contributed by atoms with Gasteiger partial charge in [-0.2, -0.15) is 0 Å². The molecule has 0 atom stereocenters. The van der Waals surface area contributed by atoms with Crippen LogP contribution in [0.25, 0.3) is 22.0 Å². The van der Waals surface area contributed by atoms with Gasteiger partial charge >= 0.3 is 0 Å². The quantitative estimate of drug-likeness (QED) is 0.734. The van der Waals surface area contributed by atoms with Gasteiger partial charge in [-0.3, -0.25) is 0 Å². The van der Waals surface area contributed by atoms with Crippen LogP contribution in [0, 0.1) is 0 Å². The molecular formula is C14H14ClN5. The highest BCUT2D eigenvalue weighted by atomic mass is 35.5. The van der Waals surface area contributed by atoms with Crippen molar-refractivity contribution < 1.29 is 0 Å². The fourth-order valence-electron chi connectivity index (χ4n) is 2.26. The first-order valence-electron chi connectivity index (χ1n) is 6.30. The van der Waals surface area contributed by atoms with Crippen LogP contribution in [0.3, 0.4) is 0 Å². The van der Waals surface area contributed by atoms with E-state index in [9.17, 15) is 0 Å². The van der Waals surface area contributed by atoms with Gasteiger partial charge in [0.15, 0.2) is 0 Å². The van der Waals surface area contributed by atoms with E-state index in [1.807, 2.05) is 6.07 Å². The van der Waals surface area contributed by atoms with E-state index in [0.29, 0.717) is 11.2 Å². The molecule has 3 rings (SSSR count). The van der Waals surface area contributed by atoms with Crippen LogP contribution in [0.1, 0.15) is 19.9 Å². The van der Waals surface area contributed by atoms with Crippen molar-refractivity contribution >= 4 is 28.5 Å². The number of rotatable bonds is 2. The van der Waals surface area contributed by atoms with Gasteiger partial charge in [-0.1, -0.05) is 11.6 Å². The Labute approximate surface area is 121 Å². The SMILES string of the molecule is CC(C)n1cc(-c2cnc(N)nc2)c2cc(Cl)ncc21. The van der Waals surface area contributed by atoms with Crippen LogP contribution in [0.5, 0.6) is 0 Å². The zero-order chi connectivity index (χ0) is 14.3. The highest BCUT2D eigenvalue weighted by Crippen LogP contribution is 2.32. The summed E-state index contributed by atoms with van der Waals surface area (Å²) in [6, 6.07) is 2.19. The maximum absolute atomic E-state index is 6.02. The number of nitrogen functional groups attached to an aromatic ring is 1. The number of pyridine rings is 1. The van der Waals surface area contributed by atoms with Crippen LogP contribution in [0.15, 0.2) is 30.9 Å². The van der Waals surface area contributed by atoms with Gasteiger partial charge in [0.2, 0.25) is 5.95 Å². The third-order valence-corrected chi connectivity index (χ3v) is 3.43. The summed E-state index contributed by atoms with van der Waals surface area (Å²) in [7, 11) is 0. The Morgan fingerprint density at radius 3 is 2.50 bits per heavy atom. The van der Waals surface area contributed by atoms with Crippen molar-refractivity contribution in [3.8, 4) is 11.1 Å². The number of halogens is 1. The first kappa shape index (κ1) is 12.9. The smallest absolute Gasteiger partial charge is 0.219 e. The predicted octanol–water partition coefficient (Wildman–Crippen LogP) is 3.31. The van der Waals surface area contributed by atoms with E-state index in [0.717, 1.165) is 22.0 Å². The van der Waals surface area contributed by atoms with E-state index in [-0.39, 0.29) is 5.95 Å².